The Morgan fingerprint density at radius 3 is 2.91 bits per heavy atom. The highest BCUT2D eigenvalue weighted by atomic mass is 35.5. The monoisotopic (exact) mass is 340 g/mol. The summed E-state index contributed by atoms with van der Waals surface area (Å²) < 4.78 is 5.48. The van der Waals surface area contributed by atoms with Crippen LogP contribution in [0.15, 0.2) is 24.3 Å². The molecule has 0 aliphatic carbocycles. The SMILES string of the molecule is CC1(C(=O)O)CCN(CC(=O)NCCOc2cccc(Cl)c2)C1. The van der Waals surface area contributed by atoms with Gasteiger partial charge in [0.25, 0.3) is 0 Å². The van der Waals surface area contributed by atoms with E-state index in [0.717, 1.165) is 0 Å². The minimum Gasteiger partial charge on any atom is -0.492 e. The van der Waals surface area contributed by atoms with Crippen molar-refractivity contribution >= 4 is 23.5 Å². The molecular formula is C16H21ClN2O4. The fraction of sp³-hybridized carbons (Fsp3) is 0.500. The molecule has 1 heterocycles. The van der Waals surface area contributed by atoms with Crippen molar-refractivity contribution in [3.63, 3.8) is 0 Å². The van der Waals surface area contributed by atoms with Gasteiger partial charge in [0.1, 0.15) is 12.4 Å². The number of carboxylic acids is 1. The highest BCUT2D eigenvalue weighted by molar-refractivity contribution is 6.30. The van der Waals surface area contributed by atoms with E-state index in [2.05, 4.69) is 5.32 Å². The van der Waals surface area contributed by atoms with Crippen LogP contribution in [-0.4, -0.2) is 54.7 Å². The number of hydrogen-bond donors (Lipinski definition) is 2. The van der Waals surface area contributed by atoms with Gasteiger partial charge in [0.05, 0.1) is 18.5 Å². The zero-order valence-electron chi connectivity index (χ0n) is 13.0. The number of likely N-dealkylation sites (tertiary alicyclic amines) is 1. The van der Waals surface area contributed by atoms with Gasteiger partial charge in [-0.2, -0.15) is 0 Å². The van der Waals surface area contributed by atoms with Crippen LogP contribution in [0.2, 0.25) is 5.02 Å². The molecule has 126 valence electrons. The number of rotatable bonds is 7. The number of benzene rings is 1. The van der Waals surface area contributed by atoms with Crippen LogP contribution in [-0.2, 0) is 9.59 Å². The number of nitrogens with zero attached hydrogens (tertiary/aromatic N) is 1. The third-order valence-corrected chi connectivity index (χ3v) is 4.16. The predicted octanol–water partition coefficient (Wildman–Crippen LogP) is 1.63. The first-order valence-corrected chi connectivity index (χ1v) is 7.88. The summed E-state index contributed by atoms with van der Waals surface area (Å²) in [7, 11) is 0. The summed E-state index contributed by atoms with van der Waals surface area (Å²) >= 11 is 5.85. The Morgan fingerprint density at radius 2 is 2.26 bits per heavy atom. The van der Waals surface area contributed by atoms with Crippen LogP contribution < -0.4 is 10.1 Å². The molecule has 0 aromatic heterocycles. The number of hydrogen-bond acceptors (Lipinski definition) is 4. The number of carboxylic acid groups (broad SMARTS) is 1. The van der Waals surface area contributed by atoms with Gasteiger partial charge in [0, 0.05) is 11.6 Å². The summed E-state index contributed by atoms with van der Waals surface area (Å²) in [6, 6.07) is 7.06. The maximum atomic E-state index is 11.9. The lowest BCUT2D eigenvalue weighted by atomic mass is 9.90. The van der Waals surface area contributed by atoms with Gasteiger partial charge in [-0.1, -0.05) is 17.7 Å². The Kier molecular flexibility index (Phi) is 5.85. The van der Waals surface area contributed by atoms with Crippen LogP contribution in [0.25, 0.3) is 0 Å². The maximum Gasteiger partial charge on any atom is 0.310 e. The molecule has 0 spiro atoms. The van der Waals surface area contributed by atoms with Gasteiger partial charge >= 0.3 is 5.97 Å². The molecule has 0 radical (unpaired) electrons. The van der Waals surface area contributed by atoms with Crippen LogP contribution in [0.5, 0.6) is 5.75 Å². The molecule has 1 aromatic carbocycles. The van der Waals surface area contributed by atoms with Crippen LogP contribution >= 0.6 is 11.6 Å². The van der Waals surface area contributed by atoms with Crippen LogP contribution in [0.3, 0.4) is 0 Å². The summed E-state index contributed by atoms with van der Waals surface area (Å²) in [6.07, 6.45) is 0.563. The highest BCUT2D eigenvalue weighted by Crippen LogP contribution is 2.29. The third-order valence-electron chi connectivity index (χ3n) is 3.92. The maximum absolute atomic E-state index is 11.9. The lowest BCUT2D eigenvalue weighted by Crippen LogP contribution is -2.39. The van der Waals surface area contributed by atoms with Crippen molar-refractivity contribution in [2.24, 2.45) is 5.41 Å². The molecule has 1 unspecified atom stereocenters. The molecule has 1 aliphatic rings. The lowest BCUT2D eigenvalue weighted by Gasteiger charge is -2.19. The Labute approximate surface area is 140 Å². The third kappa shape index (κ3) is 5.11. The lowest BCUT2D eigenvalue weighted by molar-refractivity contribution is -0.147. The van der Waals surface area contributed by atoms with Gasteiger partial charge in [-0.3, -0.25) is 14.5 Å². The first-order chi connectivity index (χ1) is 10.9. The summed E-state index contributed by atoms with van der Waals surface area (Å²) in [6.45, 7) is 3.67. The van der Waals surface area contributed by atoms with E-state index in [1.54, 1.807) is 31.2 Å². The van der Waals surface area contributed by atoms with Crippen LogP contribution in [0, 0.1) is 5.41 Å². The van der Waals surface area contributed by atoms with E-state index in [9.17, 15) is 14.7 Å². The minimum absolute atomic E-state index is 0.130. The molecule has 1 amide bonds. The van der Waals surface area contributed by atoms with Crippen molar-refractivity contribution in [1.29, 1.82) is 0 Å². The molecule has 1 aliphatic heterocycles. The van der Waals surface area contributed by atoms with Crippen molar-refractivity contribution < 1.29 is 19.4 Å². The molecule has 0 saturated carbocycles. The van der Waals surface area contributed by atoms with E-state index in [4.69, 9.17) is 16.3 Å². The molecule has 7 heteroatoms. The largest absolute Gasteiger partial charge is 0.492 e. The van der Waals surface area contributed by atoms with Crippen molar-refractivity contribution in [3.8, 4) is 5.75 Å². The summed E-state index contributed by atoms with van der Waals surface area (Å²) in [5, 5.41) is 12.5. The second-order valence-corrected chi connectivity index (χ2v) is 6.42. The first-order valence-electron chi connectivity index (χ1n) is 7.50. The minimum atomic E-state index is -0.810. The molecule has 6 nitrogen and oxygen atoms in total. The van der Waals surface area contributed by atoms with Crippen molar-refractivity contribution in [2.45, 2.75) is 13.3 Å². The van der Waals surface area contributed by atoms with Gasteiger partial charge < -0.3 is 15.2 Å². The predicted molar refractivity (Wildman–Crippen MR) is 86.8 cm³/mol. The average Bonchev–Trinajstić information content (AvgIpc) is 2.86. The van der Waals surface area contributed by atoms with Crippen molar-refractivity contribution in [3.05, 3.63) is 29.3 Å². The Hall–Kier alpha value is -1.79. The average molecular weight is 341 g/mol. The molecular weight excluding hydrogens is 320 g/mol. The molecule has 0 bridgehead atoms. The van der Waals surface area contributed by atoms with Gasteiger partial charge in [-0.25, -0.2) is 0 Å². The number of aliphatic carboxylic acids is 1. The van der Waals surface area contributed by atoms with Crippen molar-refractivity contribution in [2.75, 3.05) is 32.8 Å². The standard InChI is InChI=1S/C16H21ClN2O4/c1-16(15(21)22)5-7-19(11-16)10-14(20)18-6-8-23-13-4-2-3-12(17)9-13/h2-4,9H,5-8,10-11H2,1H3,(H,18,20)(H,21,22). The molecule has 1 atom stereocenters. The summed E-state index contributed by atoms with van der Waals surface area (Å²) in [5.41, 5.74) is -0.754. The molecule has 23 heavy (non-hydrogen) atoms. The van der Waals surface area contributed by atoms with E-state index in [0.29, 0.717) is 43.4 Å². The van der Waals surface area contributed by atoms with Crippen LogP contribution in [0.4, 0.5) is 0 Å². The Balaban J connectivity index is 1.65. The fourth-order valence-corrected chi connectivity index (χ4v) is 2.72. The molecule has 1 aromatic rings. The zero-order valence-corrected chi connectivity index (χ0v) is 13.8. The Morgan fingerprint density at radius 1 is 1.48 bits per heavy atom. The second-order valence-electron chi connectivity index (χ2n) is 5.98. The van der Waals surface area contributed by atoms with Gasteiger partial charge in [0.2, 0.25) is 5.91 Å². The quantitative estimate of drug-likeness (QED) is 0.738. The summed E-state index contributed by atoms with van der Waals surface area (Å²) in [5.74, 6) is -0.284. The van der Waals surface area contributed by atoms with E-state index in [1.165, 1.54) is 0 Å². The molecule has 1 fully saturated rings. The smallest absolute Gasteiger partial charge is 0.310 e. The number of carbonyl (C=O) groups is 2. The number of ether oxygens (including phenoxy) is 1. The normalized spacial score (nSPS) is 21.1. The van der Waals surface area contributed by atoms with Gasteiger partial charge in [0.15, 0.2) is 0 Å². The fourth-order valence-electron chi connectivity index (χ4n) is 2.54. The highest BCUT2D eigenvalue weighted by Gasteiger charge is 2.40. The molecule has 2 N–H and O–H groups in total. The number of carbonyl (C=O) groups excluding carboxylic acids is 1. The van der Waals surface area contributed by atoms with E-state index >= 15 is 0 Å². The number of halogens is 1. The van der Waals surface area contributed by atoms with E-state index in [-0.39, 0.29) is 12.5 Å². The van der Waals surface area contributed by atoms with Crippen molar-refractivity contribution in [1.82, 2.24) is 10.2 Å². The van der Waals surface area contributed by atoms with E-state index < -0.39 is 11.4 Å². The second kappa shape index (κ2) is 7.66. The van der Waals surface area contributed by atoms with E-state index in [1.807, 2.05) is 4.90 Å². The first kappa shape index (κ1) is 17.6. The zero-order chi connectivity index (χ0) is 16.9. The number of nitrogens with one attached hydrogen (secondary N) is 1. The topological polar surface area (TPSA) is 78.9 Å². The van der Waals surface area contributed by atoms with Gasteiger partial charge in [-0.15, -0.1) is 0 Å². The molecule has 1 saturated heterocycles. The molecule has 2 rings (SSSR count). The van der Waals surface area contributed by atoms with Crippen LogP contribution in [0.1, 0.15) is 13.3 Å². The van der Waals surface area contributed by atoms with Gasteiger partial charge in [-0.05, 0) is 38.1 Å². The Bertz CT molecular complexity index is 581. The number of amides is 1. The summed E-state index contributed by atoms with van der Waals surface area (Å²) in [4.78, 5) is 24.9.